The second kappa shape index (κ2) is 5.33. The molecular weight excluding hydrogens is 262 g/mol. The first-order chi connectivity index (χ1) is 7.72. The maximum absolute atomic E-state index is 3.53. The number of hydrogen-bond acceptors (Lipinski definition) is 1. The van der Waals surface area contributed by atoms with Gasteiger partial charge in [-0.3, -0.25) is 0 Å². The highest BCUT2D eigenvalue weighted by Crippen LogP contribution is 2.36. The van der Waals surface area contributed by atoms with E-state index in [4.69, 9.17) is 0 Å². The molecule has 1 aliphatic rings. The van der Waals surface area contributed by atoms with Crippen LogP contribution < -0.4 is 5.32 Å². The summed E-state index contributed by atoms with van der Waals surface area (Å²) in [5, 5.41) is 3.51. The van der Waals surface area contributed by atoms with Crippen molar-refractivity contribution in [3.05, 3.63) is 33.8 Å². The van der Waals surface area contributed by atoms with Gasteiger partial charge in [0.2, 0.25) is 0 Å². The smallest absolute Gasteiger partial charge is 0.0348 e. The molecule has 1 aromatic carbocycles. The molecule has 0 bridgehead atoms. The molecule has 1 unspecified atom stereocenters. The molecule has 1 atom stereocenters. The van der Waals surface area contributed by atoms with Crippen molar-refractivity contribution >= 4 is 15.9 Å². The van der Waals surface area contributed by atoms with Crippen LogP contribution in [-0.4, -0.2) is 7.05 Å². The van der Waals surface area contributed by atoms with Gasteiger partial charge in [0.15, 0.2) is 0 Å². The minimum absolute atomic E-state index is 0.538. The Hall–Kier alpha value is -0.340. The van der Waals surface area contributed by atoms with E-state index in [0.717, 1.165) is 5.92 Å². The molecule has 0 radical (unpaired) electrons. The lowest BCUT2D eigenvalue weighted by Gasteiger charge is -2.25. The summed E-state index contributed by atoms with van der Waals surface area (Å²) in [5.74, 6) is 0.824. The zero-order valence-corrected chi connectivity index (χ0v) is 11.7. The Morgan fingerprint density at radius 1 is 1.31 bits per heavy atom. The Balaban J connectivity index is 2.25. The number of nitrogens with one attached hydrogen (secondary N) is 1. The molecule has 2 heteroatoms. The van der Waals surface area contributed by atoms with Crippen LogP contribution in [0.25, 0.3) is 0 Å². The molecule has 1 nitrogen and oxygen atoms in total. The fraction of sp³-hybridized carbons (Fsp3) is 0.571. The third-order valence-electron chi connectivity index (χ3n) is 3.75. The van der Waals surface area contributed by atoms with E-state index < -0.39 is 0 Å². The molecule has 0 aliphatic heterocycles. The fourth-order valence-electron chi connectivity index (χ4n) is 2.92. The second-order valence-electron chi connectivity index (χ2n) is 4.81. The van der Waals surface area contributed by atoms with Crippen molar-refractivity contribution in [2.75, 3.05) is 7.05 Å². The van der Waals surface area contributed by atoms with Gasteiger partial charge < -0.3 is 5.32 Å². The van der Waals surface area contributed by atoms with Crippen LogP contribution in [-0.2, 0) is 0 Å². The fourth-order valence-corrected chi connectivity index (χ4v) is 3.40. The molecule has 88 valence electrons. The molecule has 0 amide bonds. The molecule has 1 N–H and O–H groups in total. The highest BCUT2D eigenvalue weighted by molar-refractivity contribution is 9.10. The van der Waals surface area contributed by atoms with Gasteiger partial charge in [-0.25, -0.2) is 0 Å². The van der Waals surface area contributed by atoms with E-state index in [1.807, 2.05) is 0 Å². The Kier molecular flexibility index (Phi) is 4.04. The number of aryl methyl sites for hydroxylation is 1. The van der Waals surface area contributed by atoms with Crippen LogP contribution in [0.1, 0.15) is 42.9 Å². The molecule has 1 aromatic rings. The van der Waals surface area contributed by atoms with Gasteiger partial charge in [-0.2, -0.15) is 0 Å². The van der Waals surface area contributed by atoms with Crippen molar-refractivity contribution in [2.24, 2.45) is 5.92 Å². The third kappa shape index (κ3) is 2.49. The highest BCUT2D eigenvalue weighted by Gasteiger charge is 2.25. The molecule has 1 saturated carbocycles. The molecule has 0 saturated heterocycles. The maximum Gasteiger partial charge on any atom is 0.0348 e. The van der Waals surface area contributed by atoms with Crippen molar-refractivity contribution in [3.63, 3.8) is 0 Å². The number of halogens is 1. The van der Waals surface area contributed by atoms with Crippen molar-refractivity contribution < 1.29 is 0 Å². The first-order valence-electron chi connectivity index (χ1n) is 6.15. The SMILES string of the molecule is CNC(c1ccc(Br)cc1C)C1CCCC1. The van der Waals surface area contributed by atoms with Crippen LogP contribution in [0.2, 0.25) is 0 Å². The Bertz CT molecular complexity index is 356. The van der Waals surface area contributed by atoms with Crippen molar-refractivity contribution in [2.45, 2.75) is 38.6 Å². The van der Waals surface area contributed by atoms with Gasteiger partial charge >= 0.3 is 0 Å². The Labute approximate surface area is 107 Å². The first kappa shape index (κ1) is 12.1. The molecular formula is C14H20BrN. The summed E-state index contributed by atoms with van der Waals surface area (Å²) < 4.78 is 1.18. The van der Waals surface area contributed by atoms with E-state index in [1.165, 1.54) is 41.3 Å². The van der Waals surface area contributed by atoms with E-state index >= 15 is 0 Å². The zero-order valence-electron chi connectivity index (χ0n) is 10.1. The summed E-state index contributed by atoms with van der Waals surface area (Å²) in [6.45, 7) is 2.21. The average Bonchev–Trinajstić information content (AvgIpc) is 2.75. The summed E-state index contributed by atoms with van der Waals surface area (Å²) in [6, 6.07) is 7.17. The predicted octanol–water partition coefficient (Wildman–Crippen LogP) is 4.21. The lowest BCUT2D eigenvalue weighted by Crippen LogP contribution is -2.24. The zero-order chi connectivity index (χ0) is 11.5. The molecule has 0 aromatic heterocycles. The summed E-state index contributed by atoms with van der Waals surface area (Å²) in [4.78, 5) is 0. The standard InChI is InChI=1S/C14H20BrN/c1-10-9-12(15)7-8-13(10)14(16-2)11-5-3-4-6-11/h7-9,11,14,16H,3-6H2,1-2H3. The minimum atomic E-state index is 0.538. The topological polar surface area (TPSA) is 12.0 Å². The van der Waals surface area contributed by atoms with E-state index in [9.17, 15) is 0 Å². The largest absolute Gasteiger partial charge is 0.313 e. The summed E-state index contributed by atoms with van der Waals surface area (Å²) in [6.07, 6.45) is 5.55. The molecule has 1 aliphatic carbocycles. The Morgan fingerprint density at radius 3 is 2.56 bits per heavy atom. The molecule has 16 heavy (non-hydrogen) atoms. The summed E-state index contributed by atoms with van der Waals surface area (Å²) in [7, 11) is 2.09. The molecule has 2 rings (SSSR count). The van der Waals surface area contributed by atoms with E-state index in [1.54, 1.807) is 0 Å². The minimum Gasteiger partial charge on any atom is -0.313 e. The third-order valence-corrected chi connectivity index (χ3v) is 4.24. The highest BCUT2D eigenvalue weighted by atomic mass is 79.9. The van der Waals surface area contributed by atoms with Crippen LogP contribution in [0.15, 0.2) is 22.7 Å². The quantitative estimate of drug-likeness (QED) is 0.875. The van der Waals surface area contributed by atoms with Crippen LogP contribution >= 0.6 is 15.9 Å². The van der Waals surface area contributed by atoms with E-state index in [2.05, 4.69) is 53.4 Å². The number of benzene rings is 1. The van der Waals surface area contributed by atoms with Crippen LogP contribution in [0.3, 0.4) is 0 Å². The Morgan fingerprint density at radius 2 is 2.00 bits per heavy atom. The van der Waals surface area contributed by atoms with Crippen LogP contribution in [0, 0.1) is 12.8 Å². The van der Waals surface area contributed by atoms with Gasteiger partial charge in [0.25, 0.3) is 0 Å². The average molecular weight is 282 g/mol. The van der Waals surface area contributed by atoms with Crippen LogP contribution in [0.5, 0.6) is 0 Å². The van der Waals surface area contributed by atoms with Crippen molar-refractivity contribution in [3.8, 4) is 0 Å². The molecule has 0 spiro atoms. The van der Waals surface area contributed by atoms with Crippen molar-refractivity contribution in [1.82, 2.24) is 5.32 Å². The van der Waals surface area contributed by atoms with Crippen molar-refractivity contribution in [1.29, 1.82) is 0 Å². The van der Waals surface area contributed by atoms with Gasteiger partial charge in [-0.15, -0.1) is 0 Å². The lowest BCUT2D eigenvalue weighted by atomic mass is 9.89. The first-order valence-corrected chi connectivity index (χ1v) is 6.95. The van der Waals surface area contributed by atoms with Crippen LogP contribution in [0.4, 0.5) is 0 Å². The normalized spacial score (nSPS) is 18.9. The van der Waals surface area contributed by atoms with Gasteiger partial charge in [-0.1, -0.05) is 34.8 Å². The van der Waals surface area contributed by atoms with E-state index in [0.29, 0.717) is 6.04 Å². The summed E-state index contributed by atoms with van der Waals surface area (Å²) in [5.41, 5.74) is 2.86. The molecule has 1 fully saturated rings. The summed E-state index contributed by atoms with van der Waals surface area (Å²) >= 11 is 3.53. The van der Waals surface area contributed by atoms with Gasteiger partial charge in [0, 0.05) is 10.5 Å². The number of rotatable bonds is 3. The van der Waals surface area contributed by atoms with Gasteiger partial charge in [0.1, 0.15) is 0 Å². The lowest BCUT2D eigenvalue weighted by molar-refractivity contribution is 0.389. The maximum atomic E-state index is 3.53. The molecule has 0 heterocycles. The van der Waals surface area contributed by atoms with Gasteiger partial charge in [0.05, 0.1) is 0 Å². The predicted molar refractivity (Wildman–Crippen MR) is 72.6 cm³/mol. The number of hydrogen-bond donors (Lipinski definition) is 1. The van der Waals surface area contributed by atoms with Gasteiger partial charge in [-0.05, 0) is 56.0 Å². The monoisotopic (exact) mass is 281 g/mol. The second-order valence-corrected chi connectivity index (χ2v) is 5.73. The van der Waals surface area contributed by atoms with E-state index in [-0.39, 0.29) is 0 Å².